The van der Waals surface area contributed by atoms with E-state index in [1.165, 1.54) is 0 Å². The minimum Gasteiger partial charge on any atom is -0.481 e. The van der Waals surface area contributed by atoms with Crippen LogP contribution in [0.3, 0.4) is 0 Å². The molecule has 82 valence electrons. The van der Waals surface area contributed by atoms with E-state index in [2.05, 4.69) is 11.0 Å². The highest BCUT2D eigenvalue weighted by Gasteiger charge is 2.28. The maximum atomic E-state index is 10.5. The van der Waals surface area contributed by atoms with E-state index < -0.39 is 5.97 Å². The van der Waals surface area contributed by atoms with E-state index in [1.807, 2.05) is 18.2 Å². The van der Waals surface area contributed by atoms with Crippen LogP contribution in [-0.4, -0.2) is 24.2 Å². The van der Waals surface area contributed by atoms with Crippen molar-refractivity contribution in [3.63, 3.8) is 0 Å². The van der Waals surface area contributed by atoms with Crippen LogP contribution in [0.4, 0.5) is 5.69 Å². The lowest BCUT2D eigenvalue weighted by molar-refractivity contribution is -0.138. The first kappa shape index (κ1) is 10.5. The summed E-state index contributed by atoms with van der Waals surface area (Å²) in [6.07, 6.45) is 0.231. The highest BCUT2D eigenvalue weighted by Crippen LogP contribution is 2.26. The Labute approximate surface area is 93.7 Å². The van der Waals surface area contributed by atoms with Crippen molar-refractivity contribution in [2.24, 2.45) is 5.92 Å². The third kappa shape index (κ3) is 2.14. The lowest BCUT2D eigenvalue weighted by Gasteiger charge is -2.40. The molecule has 1 fully saturated rings. The Morgan fingerprint density at radius 3 is 2.94 bits per heavy atom. The van der Waals surface area contributed by atoms with E-state index in [0.29, 0.717) is 5.56 Å². The Morgan fingerprint density at radius 1 is 1.56 bits per heavy atom. The van der Waals surface area contributed by atoms with Gasteiger partial charge in [-0.2, -0.15) is 5.26 Å². The minimum atomic E-state index is -0.740. The SMILES string of the molecule is N#Cc1cccc(N2CC(CC(=O)O)C2)c1. The van der Waals surface area contributed by atoms with Gasteiger partial charge in [0.2, 0.25) is 0 Å². The van der Waals surface area contributed by atoms with Gasteiger partial charge < -0.3 is 10.0 Å². The van der Waals surface area contributed by atoms with Crippen LogP contribution in [0.15, 0.2) is 24.3 Å². The van der Waals surface area contributed by atoms with Crippen LogP contribution in [-0.2, 0) is 4.79 Å². The molecule has 0 radical (unpaired) electrons. The molecule has 1 aliphatic rings. The second-order valence-electron chi connectivity index (χ2n) is 4.03. The zero-order valence-corrected chi connectivity index (χ0v) is 8.76. The maximum absolute atomic E-state index is 10.5. The summed E-state index contributed by atoms with van der Waals surface area (Å²) in [5, 5.41) is 17.4. The first-order chi connectivity index (χ1) is 7.69. The predicted octanol–water partition coefficient (Wildman–Crippen LogP) is 1.47. The van der Waals surface area contributed by atoms with Crippen molar-refractivity contribution >= 4 is 11.7 Å². The lowest BCUT2D eigenvalue weighted by atomic mass is 9.95. The van der Waals surface area contributed by atoms with Crippen molar-refractivity contribution in [3.8, 4) is 6.07 Å². The van der Waals surface area contributed by atoms with Crippen LogP contribution in [0.2, 0.25) is 0 Å². The monoisotopic (exact) mass is 216 g/mol. The summed E-state index contributed by atoms with van der Waals surface area (Å²) in [7, 11) is 0. The molecule has 1 aliphatic heterocycles. The molecule has 0 unspecified atom stereocenters. The summed E-state index contributed by atoms with van der Waals surface area (Å²) in [5.74, 6) is -0.501. The molecule has 1 N–H and O–H groups in total. The second-order valence-corrected chi connectivity index (χ2v) is 4.03. The Morgan fingerprint density at radius 2 is 2.31 bits per heavy atom. The molecular weight excluding hydrogens is 204 g/mol. The standard InChI is InChI=1S/C12H12N2O2/c13-6-9-2-1-3-11(4-9)14-7-10(8-14)5-12(15)16/h1-4,10H,5,7-8H2,(H,15,16). The second kappa shape index (κ2) is 4.23. The zero-order chi connectivity index (χ0) is 11.5. The van der Waals surface area contributed by atoms with Gasteiger partial charge in [-0.1, -0.05) is 6.07 Å². The van der Waals surface area contributed by atoms with E-state index in [-0.39, 0.29) is 12.3 Å². The molecule has 16 heavy (non-hydrogen) atoms. The number of hydrogen-bond donors (Lipinski definition) is 1. The summed E-state index contributed by atoms with van der Waals surface area (Å²) < 4.78 is 0. The average Bonchev–Trinajstić information content (AvgIpc) is 2.22. The Hall–Kier alpha value is -2.02. The molecule has 4 heteroatoms. The lowest BCUT2D eigenvalue weighted by Crippen LogP contribution is -2.47. The molecule has 2 rings (SSSR count). The summed E-state index contributed by atoms with van der Waals surface area (Å²) in [6, 6.07) is 9.47. The van der Waals surface area contributed by atoms with E-state index in [4.69, 9.17) is 10.4 Å². The molecule has 1 heterocycles. The number of anilines is 1. The highest BCUT2D eigenvalue weighted by molar-refractivity contribution is 5.68. The van der Waals surface area contributed by atoms with E-state index in [0.717, 1.165) is 18.8 Å². The molecule has 0 aliphatic carbocycles. The van der Waals surface area contributed by atoms with Crippen LogP contribution in [0.1, 0.15) is 12.0 Å². The predicted molar refractivity (Wildman–Crippen MR) is 59.1 cm³/mol. The summed E-state index contributed by atoms with van der Waals surface area (Å²) in [5.41, 5.74) is 1.64. The molecule has 0 amide bonds. The van der Waals surface area contributed by atoms with E-state index in [9.17, 15) is 4.79 Å². The van der Waals surface area contributed by atoms with Gasteiger partial charge in [-0.15, -0.1) is 0 Å². The quantitative estimate of drug-likeness (QED) is 0.831. The number of carboxylic acid groups (broad SMARTS) is 1. The van der Waals surface area contributed by atoms with Gasteiger partial charge in [0.25, 0.3) is 0 Å². The number of aliphatic carboxylic acids is 1. The molecule has 0 spiro atoms. The Bertz CT molecular complexity index is 445. The van der Waals surface area contributed by atoms with Crippen molar-refractivity contribution in [1.82, 2.24) is 0 Å². The van der Waals surface area contributed by atoms with Crippen molar-refractivity contribution in [2.45, 2.75) is 6.42 Å². The molecule has 0 atom stereocenters. The number of nitriles is 1. The average molecular weight is 216 g/mol. The fraction of sp³-hybridized carbons (Fsp3) is 0.333. The van der Waals surface area contributed by atoms with Crippen LogP contribution in [0.25, 0.3) is 0 Å². The van der Waals surface area contributed by atoms with Crippen molar-refractivity contribution in [2.75, 3.05) is 18.0 Å². The van der Waals surface area contributed by atoms with Crippen LogP contribution < -0.4 is 4.90 Å². The van der Waals surface area contributed by atoms with Crippen LogP contribution in [0, 0.1) is 17.2 Å². The Kier molecular flexibility index (Phi) is 2.78. The highest BCUT2D eigenvalue weighted by atomic mass is 16.4. The van der Waals surface area contributed by atoms with Gasteiger partial charge in [0, 0.05) is 24.7 Å². The van der Waals surface area contributed by atoms with Crippen LogP contribution >= 0.6 is 0 Å². The molecule has 1 saturated heterocycles. The fourth-order valence-corrected chi connectivity index (χ4v) is 1.93. The van der Waals surface area contributed by atoms with Crippen molar-refractivity contribution in [3.05, 3.63) is 29.8 Å². The van der Waals surface area contributed by atoms with Gasteiger partial charge in [0.1, 0.15) is 0 Å². The van der Waals surface area contributed by atoms with Gasteiger partial charge >= 0.3 is 5.97 Å². The van der Waals surface area contributed by atoms with Crippen molar-refractivity contribution < 1.29 is 9.90 Å². The van der Waals surface area contributed by atoms with Gasteiger partial charge in [-0.25, -0.2) is 0 Å². The van der Waals surface area contributed by atoms with Gasteiger partial charge in [-0.3, -0.25) is 4.79 Å². The largest absolute Gasteiger partial charge is 0.481 e. The smallest absolute Gasteiger partial charge is 0.303 e. The van der Waals surface area contributed by atoms with Crippen molar-refractivity contribution in [1.29, 1.82) is 5.26 Å². The number of carbonyl (C=O) groups is 1. The summed E-state index contributed by atoms with van der Waals surface area (Å²) in [6.45, 7) is 1.53. The number of hydrogen-bond acceptors (Lipinski definition) is 3. The Balaban J connectivity index is 1.96. The molecule has 0 bridgehead atoms. The molecule has 1 aromatic carbocycles. The summed E-state index contributed by atoms with van der Waals surface area (Å²) in [4.78, 5) is 12.6. The molecular formula is C12H12N2O2. The first-order valence-electron chi connectivity index (χ1n) is 5.16. The first-order valence-corrected chi connectivity index (χ1v) is 5.16. The zero-order valence-electron chi connectivity index (χ0n) is 8.76. The van der Waals surface area contributed by atoms with Gasteiger partial charge in [0.05, 0.1) is 18.1 Å². The molecule has 0 aromatic heterocycles. The topological polar surface area (TPSA) is 64.3 Å². The number of carboxylic acids is 1. The van der Waals surface area contributed by atoms with E-state index in [1.54, 1.807) is 6.07 Å². The number of rotatable bonds is 3. The van der Waals surface area contributed by atoms with E-state index >= 15 is 0 Å². The number of nitrogens with zero attached hydrogens (tertiary/aromatic N) is 2. The van der Waals surface area contributed by atoms with Gasteiger partial charge in [-0.05, 0) is 18.2 Å². The fourth-order valence-electron chi connectivity index (χ4n) is 1.93. The minimum absolute atomic E-state index is 0.231. The molecule has 4 nitrogen and oxygen atoms in total. The maximum Gasteiger partial charge on any atom is 0.303 e. The summed E-state index contributed by atoms with van der Waals surface area (Å²) >= 11 is 0. The van der Waals surface area contributed by atoms with Crippen LogP contribution in [0.5, 0.6) is 0 Å². The normalized spacial score (nSPS) is 15.3. The third-order valence-corrected chi connectivity index (χ3v) is 2.76. The molecule has 1 aromatic rings. The number of benzene rings is 1. The molecule has 0 saturated carbocycles. The third-order valence-electron chi connectivity index (χ3n) is 2.76. The van der Waals surface area contributed by atoms with Gasteiger partial charge in [0.15, 0.2) is 0 Å².